The Labute approximate surface area is 83.9 Å². The highest BCUT2D eigenvalue weighted by molar-refractivity contribution is 5.81. The average Bonchev–Trinajstić information content (AvgIpc) is 2.71. The van der Waals surface area contributed by atoms with Crippen molar-refractivity contribution in [2.75, 3.05) is 6.54 Å². The summed E-state index contributed by atoms with van der Waals surface area (Å²) < 4.78 is 0. The molecule has 0 aromatic carbocycles. The lowest BCUT2D eigenvalue weighted by molar-refractivity contribution is -0.147. The Morgan fingerprint density at radius 1 is 1.36 bits per heavy atom. The summed E-state index contributed by atoms with van der Waals surface area (Å²) in [5, 5.41) is 12.8. The zero-order valence-electron chi connectivity index (χ0n) is 8.33. The lowest BCUT2D eigenvalue weighted by Crippen LogP contribution is -2.54. The first kappa shape index (κ1) is 8.72. The minimum absolute atomic E-state index is 0.412. The van der Waals surface area contributed by atoms with Gasteiger partial charge in [-0.05, 0) is 43.6 Å². The lowest BCUT2D eigenvalue weighted by atomic mass is 9.81. The van der Waals surface area contributed by atoms with E-state index in [1.807, 2.05) is 0 Å². The van der Waals surface area contributed by atoms with Crippen LogP contribution in [0.3, 0.4) is 0 Å². The van der Waals surface area contributed by atoms with Gasteiger partial charge in [0.1, 0.15) is 5.54 Å². The fourth-order valence-electron chi connectivity index (χ4n) is 4.26. The van der Waals surface area contributed by atoms with Gasteiger partial charge >= 0.3 is 5.97 Å². The molecule has 3 rings (SSSR count). The summed E-state index contributed by atoms with van der Waals surface area (Å²) >= 11 is 0. The van der Waals surface area contributed by atoms with Crippen LogP contribution in [-0.4, -0.2) is 23.2 Å². The van der Waals surface area contributed by atoms with Gasteiger partial charge in [-0.1, -0.05) is 12.8 Å². The third-order valence-electron chi connectivity index (χ3n) is 4.74. The molecule has 2 aliphatic carbocycles. The van der Waals surface area contributed by atoms with E-state index in [4.69, 9.17) is 0 Å². The smallest absolute Gasteiger partial charge is 0.324 e. The van der Waals surface area contributed by atoms with Gasteiger partial charge in [-0.15, -0.1) is 0 Å². The second-order valence-electron chi connectivity index (χ2n) is 5.12. The summed E-state index contributed by atoms with van der Waals surface area (Å²) in [5.41, 5.74) is -0.527. The maximum Gasteiger partial charge on any atom is 0.324 e. The first-order chi connectivity index (χ1) is 6.75. The second-order valence-corrected chi connectivity index (χ2v) is 5.12. The molecule has 0 bridgehead atoms. The summed E-state index contributed by atoms with van der Waals surface area (Å²) in [6.45, 7) is 0.903. The van der Waals surface area contributed by atoms with Crippen molar-refractivity contribution in [3.63, 3.8) is 0 Å². The van der Waals surface area contributed by atoms with Crippen molar-refractivity contribution in [1.82, 2.24) is 5.32 Å². The fourth-order valence-corrected chi connectivity index (χ4v) is 4.26. The molecule has 0 aromatic rings. The number of carboxylic acid groups (broad SMARTS) is 1. The summed E-state index contributed by atoms with van der Waals surface area (Å²) in [6.07, 6.45) is 5.85. The minimum Gasteiger partial charge on any atom is -0.480 e. The van der Waals surface area contributed by atoms with Gasteiger partial charge < -0.3 is 10.4 Å². The highest BCUT2D eigenvalue weighted by Crippen LogP contribution is 2.55. The third-order valence-corrected chi connectivity index (χ3v) is 4.74. The summed E-state index contributed by atoms with van der Waals surface area (Å²) in [5.74, 6) is 0.945. The van der Waals surface area contributed by atoms with E-state index >= 15 is 0 Å². The molecule has 3 fully saturated rings. The average molecular weight is 195 g/mol. The van der Waals surface area contributed by atoms with Crippen molar-refractivity contribution in [2.45, 2.75) is 37.6 Å². The molecule has 78 valence electrons. The van der Waals surface area contributed by atoms with Gasteiger partial charge in [0.25, 0.3) is 0 Å². The second kappa shape index (κ2) is 2.72. The van der Waals surface area contributed by atoms with Gasteiger partial charge in [0.2, 0.25) is 0 Å². The number of carboxylic acids is 1. The normalized spacial score (nSPS) is 50.4. The Hall–Kier alpha value is -0.570. The third kappa shape index (κ3) is 0.842. The SMILES string of the molecule is O=C(O)C12NCCC1CC1CCCC12. The molecule has 0 spiro atoms. The molecule has 3 aliphatic rings. The van der Waals surface area contributed by atoms with Crippen molar-refractivity contribution >= 4 is 5.97 Å². The summed E-state index contributed by atoms with van der Waals surface area (Å²) in [7, 11) is 0. The Bertz CT molecular complexity index is 278. The summed E-state index contributed by atoms with van der Waals surface area (Å²) in [4.78, 5) is 11.5. The van der Waals surface area contributed by atoms with E-state index in [-0.39, 0.29) is 0 Å². The van der Waals surface area contributed by atoms with Crippen LogP contribution >= 0.6 is 0 Å². The maximum absolute atomic E-state index is 11.5. The van der Waals surface area contributed by atoms with E-state index in [9.17, 15) is 9.90 Å². The molecule has 0 amide bonds. The Kier molecular flexibility index (Phi) is 1.69. The van der Waals surface area contributed by atoms with Crippen LogP contribution in [0.5, 0.6) is 0 Å². The van der Waals surface area contributed by atoms with E-state index in [1.165, 1.54) is 12.8 Å². The zero-order valence-corrected chi connectivity index (χ0v) is 8.33. The molecule has 2 N–H and O–H groups in total. The molecule has 0 aromatic heterocycles. The van der Waals surface area contributed by atoms with Gasteiger partial charge in [0.15, 0.2) is 0 Å². The van der Waals surface area contributed by atoms with Crippen LogP contribution in [0.25, 0.3) is 0 Å². The van der Waals surface area contributed by atoms with Gasteiger partial charge in [-0.3, -0.25) is 4.79 Å². The van der Waals surface area contributed by atoms with Crippen LogP contribution < -0.4 is 5.32 Å². The molecule has 1 aliphatic heterocycles. The lowest BCUT2D eigenvalue weighted by Gasteiger charge is -2.30. The minimum atomic E-state index is -0.589. The van der Waals surface area contributed by atoms with Crippen molar-refractivity contribution in [3.8, 4) is 0 Å². The van der Waals surface area contributed by atoms with E-state index in [0.29, 0.717) is 17.8 Å². The Morgan fingerprint density at radius 3 is 3.00 bits per heavy atom. The van der Waals surface area contributed by atoms with Crippen LogP contribution in [0.1, 0.15) is 32.1 Å². The number of carbonyl (C=O) groups is 1. The number of hydrogen-bond donors (Lipinski definition) is 2. The van der Waals surface area contributed by atoms with E-state index in [0.717, 1.165) is 25.8 Å². The molecule has 0 radical (unpaired) electrons. The first-order valence-corrected chi connectivity index (χ1v) is 5.73. The van der Waals surface area contributed by atoms with Gasteiger partial charge in [0.05, 0.1) is 0 Å². The molecule has 1 saturated heterocycles. The zero-order chi connectivity index (χ0) is 9.76. The topological polar surface area (TPSA) is 49.3 Å². The number of aliphatic carboxylic acids is 1. The first-order valence-electron chi connectivity index (χ1n) is 5.73. The molecular formula is C11H17NO2. The Morgan fingerprint density at radius 2 is 2.21 bits per heavy atom. The summed E-state index contributed by atoms with van der Waals surface area (Å²) in [6, 6.07) is 0. The standard InChI is InChI=1S/C11H17NO2/c13-10(14)11-8(4-5-12-11)6-7-2-1-3-9(7)11/h7-9,12H,1-6H2,(H,13,14). The highest BCUT2D eigenvalue weighted by Gasteiger charge is 2.62. The molecule has 4 unspecified atom stereocenters. The molecule has 3 nitrogen and oxygen atoms in total. The highest BCUT2D eigenvalue weighted by atomic mass is 16.4. The molecule has 14 heavy (non-hydrogen) atoms. The van der Waals surface area contributed by atoms with E-state index < -0.39 is 11.5 Å². The van der Waals surface area contributed by atoms with Crippen LogP contribution in [0, 0.1) is 17.8 Å². The molecule has 4 atom stereocenters. The van der Waals surface area contributed by atoms with Gasteiger partial charge in [-0.2, -0.15) is 0 Å². The van der Waals surface area contributed by atoms with Crippen LogP contribution in [0.2, 0.25) is 0 Å². The van der Waals surface area contributed by atoms with E-state index in [1.54, 1.807) is 0 Å². The van der Waals surface area contributed by atoms with Gasteiger partial charge in [-0.25, -0.2) is 0 Å². The number of rotatable bonds is 1. The van der Waals surface area contributed by atoms with Crippen molar-refractivity contribution in [1.29, 1.82) is 0 Å². The molecule has 3 heteroatoms. The largest absolute Gasteiger partial charge is 0.480 e. The molecule has 2 saturated carbocycles. The van der Waals surface area contributed by atoms with Crippen molar-refractivity contribution in [3.05, 3.63) is 0 Å². The predicted molar refractivity (Wildman–Crippen MR) is 51.9 cm³/mol. The monoisotopic (exact) mass is 195 g/mol. The van der Waals surface area contributed by atoms with Gasteiger partial charge in [0, 0.05) is 0 Å². The number of hydrogen-bond acceptors (Lipinski definition) is 2. The number of nitrogens with one attached hydrogen (secondary N) is 1. The number of fused-ring (bicyclic) bond motifs is 3. The van der Waals surface area contributed by atoms with Crippen molar-refractivity contribution < 1.29 is 9.90 Å². The van der Waals surface area contributed by atoms with Crippen LogP contribution in [0.15, 0.2) is 0 Å². The fraction of sp³-hybridized carbons (Fsp3) is 0.909. The quantitative estimate of drug-likeness (QED) is 0.662. The van der Waals surface area contributed by atoms with Crippen LogP contribution in [0.4, 0.5) is 0 Å². The van der Waals surface area contributed by atoms with E-state index in [2.05, 4.69) is 5.32 Å². The maximum atomic E-state index is 11.5. The molecule has 1 heterocycles. The Balaban J connectivity index is 2.00. The van der Waals surface area contributed by atoms with Crippen molar-refractivity contribution in [2.24, 2.45) is 17.8 Å². The van der Waals surface area contributed by atoms with Crippen LogP contribution in [-0.2, 0) is 4.79 Å². The molecular weight excluding hydrogens is 178 g/mol. The predicted octanol–water partition coefficient (Wildman–Crippen LogP) is 1.24.